The lowest BCUT2D eigenvalue weighted by Crippen LogP contribution is -2.51. The Morgan fingerprint density at radius 2 is 2.06 bits per heavy atom. The first-order chi connectivity index (χ1) is 7.53. The second-order valence-corrected chi connectivity index (χ2v) is 5.46. The highest BCUT2D eigenvalue weighted by Gasteiger charge is 2.40. The number of nitrogens with zero attached hydrogens (tertiary/aromatic N) is 2. The minimum atomic E-state index is -0.451. The first-order valence-electron chi connectivity index (χ1n) is 6.17. The molecule has 4 nitrogen and oxygen atoms in total. The van der Waals surface area contributed by atoms with Crippen molar-refractivity contribution in [1.29, 1.82) is 0 Å². The minimum absolute atomic E-state index is 0.112. The molecule has 2 rings (SSSR count). The molecule has 1 heterocycles. The Labute approximate surface area is 97.2 Å². The van der Waals surface area contributed by atoms with E-state index in [0.717, 1.165) is 6.54 Å². The number of aliphatic hydroxyl groups excluding tert-OH is 1. The minimum Gasteiger partial charge on any atom is -0.391 e. The highest BCUT2D eigenvalue weighted by Crippen LogP contribution is 2.35. The number of aliphatic hydroxyl groups is 1. The van der Waals surface area contributed by atoms with Gasteiger partial charge in [-0.2, -0.15) is 0 Å². The van der Waals surface area contributed by atoms with Crippen LogP contribution >= 0.6 is 0 Å². The predicted molar refractivity (Wildman–Crippen MR) is 62.1 cm³/mol. The van der Waals surface area contributed by atoms with Gasteiger partial charge in [0.15, 0.2) is 0 Å². The molecule has 0 aromatic rings. The number of hydrogen-bond acceptors (Lipinski definition) is 3. The summed E-state index contributed by atoms with van der Waals surface area (Å²) in [6, 6.07) is 0. The van der Waals surface area contributed by atoms with E-state index in [9.17, 15) is 9.90 Å². The summed E-state index contributed by atoms with van der Waals surface area (Å²) in [4.78, 5) is 15.8. The molecule has 1 N–H and O–H groups in total. The van der Waals surface area contributed by atoms with E-state index < -0.39 is 6.10 Å². The molecule has 1 aliphatic carbocycles. The maximum absolute atomic E-state index is 11.7. The number of amides is 1. The Kier molecular flexibility index (Phi) is 3.22. The van der Waals surface area contributed by atoms with Crippen LogP contribution in [0, 0.1) is 0 Å². The van der Waals surface area contributed by atoms with Crippen LogP contribution < -0.4 is 0 Å². The number of rotatable bonds is 3. The van der Waals surface area contributed by atoms with Gasteiger partial charge in [0.1, 0.15) is 0 Å². The maximum Gasteiger partial charge on any atom is 0.225 e. The lowest BCUT2D eigenvalue weighted by molar-refractivity contribution is -0.129. The van der Waals surface area contributed by atoms with Crippen LogP contribution in [0.4, 0.5) is 0 Å². The number of carbonyl (C=O) groups excluding carboxylic acids is 1. The molecule has 2 aliphatic rings. The maximum atomic E-state index is 11.7. The average molecular weight is 226 g/mol. The summed E-state index contributed by atoms with van der Waals surface area (Å²) in [6.07, 6.45) is 4.70. The van der Waals surface area contributed by atoms with Gasteiger partial charge in [-0.15, -0.1) is 0 Å². The third kappa shape index (κ3) is 2.09. The number of carbonyl (C=O) groups is 1. The van der Waals surface area contributed by atoms with Gasteiger partial charge in [0.2, 0.25) is 5.91 Å². The van der Waals surface area contributed by atoms with Crippen LogP contribution in [0.15, 0.2) is 0 Å². The average Bonchev–Trinajstić information content (AvgIpc) is 2.76. The van der Waals surface area contributed by atoms with E-state index in [1.54, 1.807) is 0 Å². The Morgan fingerprint density at radius 3 is 2.50 bits per heavy atom. The fourth-order valence-electron chi connectivity index (χ4n) is 3.04. The number of likely N-dealkylation sites (tertiary alicyclic amines) is 1. The van der Waals surface area contributed by atoms with Crippen molar-refractivity contribution in [2.24, 2.45) is 0 Å². The third-order valence-corrected chi connectivity index (χ3v) is 4.16. The molecule has 92 valence electrons. The molecule has 16 heavy (non-hydrogen) atoms. The molecule has 0 bridgehead atoms. The van der Waals surface area contributed by atoms with Crippen LogP contribution in [0.25, 0.3) is 0 Å². The first kappa shape index (κ1) is 11.9. The Hall–Kier alpha value is -0.610. The summed E-state index contributed by atoms with van der Waals surface area (Å²) >= 11 is 0. The van der Waals surface area contributed by atoms with Crippen molar-refractivity contribution in [3.05, 3.63) is 0 Å². The van der Waals surface area contributed by atoms with Gasteiger partial charge < -0.3 is 14.9 Å². The second-order valence-electron chi connectivity index (χ2n) is 5.46. The van der Waals surface area contributed by atoms with Gasteiger partial charge in [-0.1, -0.05) is 12.8 Å². The van der Waals surface area contributed by atoms with Gasteiger partial charge in [0, 0.05) is 18.6 Å². The fraction of sp³-hybridized carbons (Fsp3) is 0.917. The van der Waals surface area contributed by atoms with E-state index in [4.69, 9.17) is 0 Å². The summed E-state index contributed by atoms with van der Waals surface area (Å²) in [5.74, 6) is 0.112. The van der Waals surface area contributed by atoms with Crippen LogP contribution in [0.2, 0.25) is 0 Å². The SMILES string of the molecule is CN(C)C1(CN2CC(O)CC2=O)CCCC1. The van der Waals surface area contributed by atoms with Crippen molar-refractivity contribution in [1.82, 2.24) is 9.80 Å². The monoisotopic (exact) mass is 226 g/mol. The topological polar surface area (TPSA) is 43.8 Å². The number of β-amino-alcohol motifs (C(OH)–C–C–N with tert-alkyl or cyclic N) is 1. The van der Waals surface area contributed by atoms with Crippen molar-refractivity contribution in [2.75, 3.05) is 27.2 Å². The number of hydrogen-bond donors (Lipinski definition) is 1. The van der Waals surface area contributed by atoms with Crippen molar-refractivity contribution in [3.63, 3.8) is 0 Å². The lowest BCUT2D eigenvalue weighted by Gasteiger charge is -2.39. The molecule has 1 amide bonds. The summed E-state index contributed by atoms with van der Waals surface area (Å²) in [5, 5.41) is 9.49. The largest absolute Gasteiger partial charge is 0.391 e. The molecule has 0 aromatic heterocycles. The van der Waals surface area contributed by atoms with Crippen LogP contribution in [0.5, 0.6) is 0 Å². The molecule has 1 atom stereocenters. The van der Waals surface area contributed by atoms with Crippen molar-refractivity contribution < 1.29 is 9.90 Å². The van der Waals surface area contributed by atoms with E-state index >= 15 is 0 Å². The van der Waals surface area contributed by atoms with E-state index in [1.165, 1.54) is 25.7 Å². The quantitative estimate of drug-likeness (QED) is 0.760. The standard InChI is InChI=1S/C12H22N2O2/c1-13(2)12(5-3-4-6-12)9-14-8-10(15)7-11(14)16/h10,15H,3-9H2,1-2H3. The second kappa shape index (κ2) is 4.34. The molecule has 4 heteroatoms. The number of likely N-dealkylation sites (N-methyl/N-ethyl adjacent to an activating group) is 1. The molecule has 1 unspecified atom stereocenters. The normalized spacial score (nSPS) is 29.4. The Morgan fingerprint density at radius 1 is 1.44 bits per heavy atom. The summed E-state index contributed by atoms with van der Waals surface area (Å²) in [5.41, 5.74) is 0.153. The Balaban J connectivity index is 2.04. The molecule has 1 saturated carbocycles. The zero-order chi connectivity index (χ0) is 11.8. The third-order valence-electron chi connectivity index (χ3n) is 4.16. The summed E-state index contributed by atoms with van der Waals surface area (Å²) in [7, 11) is 4.20. The molecule has 0 radical (unpaired) electrons. The fourth-order valence-corrected chi connectivity index (χ4v) is 3.04. The summed E-state index contributed by atoms with van der Waals surface area (Å²) < 4.78 is 0. The van der Waals surface area contributed by atoms with Gasteiger partial charge in [-0.05, 0) is 26.9 Å². The van der Waals surface area contributed by atoms with E-state index in [1.807, 2.05) is 4.90 Å². The van der Waals surface area contributed by atoms with Gasteiger partial charge in [-0.3, -0.25) is 4.79 Å². The van der Waals surface area contributed by atoms with Crippen LogP contribution in [0.1, 0.15) is 32.1 Å². The molecule has 0 aromatic carbocycles. The highest BCUT2D eigenvalue weighted by molar-refractivity contribution is 5.79. The highest BCUT2D eigenvalue weighted by atomic mass is 16.3. The smallest absolute Gasteiger partial charge is 0.225 e. The van der Waals surface area contributed by atoms with Crippen LogP contribution in [-0.2, 0) is 4.79 Å². The lowest BCUT2D eigenvalue weighted by atomic mass is 9.95. The van der Waals surface area contributed by atoms with E-state index in [2.05, 4.69) is 19.0 Å². The van der Waals surface area contributed by atoms with Gasteiger partial charge in [0.25, 0.3) is 0 Å². The first-order valence-corrected chi connectivity index (χ1v) is 6.17. The molecule has 2 fully saturated rings. The zero-order valence-corrected chi connectivity index (χ0v) is 10.3. The van der Waals surface area contributed by atoms with Crippen LogP contribution in [0.3, 0.4) is 0 Å². The Bertz CT molecular complexity index is 272. The molecule has 1 aliphatic heterocycles. The predicted octanol–water partition coefficient (Wildman–Crippen LogP) is 0.454. The molecular formula is C12H22N2O2. The summed E-state index contributed by atoms with van der Waals surface area (Å²) in [6.45, 7) is 1.31. The molecule has 0 spiro atoms. The molecular weight excluding hydrogens is 204 g/mol. The van der Waals surface area contributed by atoms with Crippen molar-refractivity contribution in [3.8, 4) is 0 Å². The zero-order valence-electron chi connectivity index (χ0n) is 10.3. The van der Waals surface area contributed by atoms with Gasteiger partial charge >= 0.3 is 0 Å². The van der Waals surface area contributed by atoms with Crippen LogP contribution in [-0.4, -0.2) is 59.6 Å². The van der Waals surface area contributed by atoms with Gasteiger partial charge in [0.05, 0.1) is 12.5 Å². The van der Waals surface area contributed by atoms with E-state index in [-0.39, 0.29) is 11.4 Å². The van der Waals surface area contributed by atoms with Gasteiger partial charge in [-0.25, -0.2) is 0 Å². The van der Waals surface area contributed by atoms with E-state index in [0.29, 0.717) is 13.0 Å². The molecule has 1 saturated heterocycles. The van der Waals surface area contributed by atoms with Crippen molar-refractivity contribution in [2.45, 2.75) is 43.7 Å². The van der Waals surface area contributed by atoms with Crippen molar-refractivity contribution >= 4 is 5.91 Å².